The molecular formula is C31H37NO2Si. The van der Waals surface area contributed by atoms with E-state index in [0.717, 1.165) is 24.9 Å². The third kappa shape index (κ3) is 5.19. The van der Waals surface area contributed by atoms with Crippen molar-refractivity contribution < 1.29 is 9.53 Å². The Balaban J connectivity index is 1.82. The van der Waals surface area contributed by atoms with Crippen molar-refractivity contribution in [3.05, 3.63) is 102 Å². The molecule has 0 saturated carbocycles. The standard InChI is InChI=1S/C31H37NO2Si/c1-5-6-10-23-27(28-29(34-28)30(33)32-24-17-11-7-12-18-24)35(31(2,3)4,25-19-13-8-14-20-25)26-21-15-9-16-22-26/h7-9,11-23,28-29H,5-6,10H2,1-4H3,(H,32,33)/b27-23+/t28-,29+/m1/s1. The quantitative estimate of drug-likeness (QED) is 0.227. The summed E-state index contributed by atoms with van der Waals surface area (Å²) in [5, 5.41) is 7.05. The first kappa shape index (κ1) is 25.1. The molecule has 1 heterocycles. The number of amides is 1. The Morgan fingerprint density at radius 3 is 1.86 bits per heavy atom. The van der Waals surface area contributed by atoms with Gasteiger partial charge in [0.05, 0.1) is 0 Å². The van der Waals surface area contributed by atoms with E-state index in [1.807, 2.05) is 30.3 Å². The van der Waals surface area contributed by atoms with Gasteiger partial charge in [0, 0.05) is 5.69 Å². The lowest BCUT2D eigenvalue weighted by Gasteiger charge is -2.46. The largest absolute Gasteiger partial charge is 0.355 e. The molecule has 0 radical (unpaired) electrons. The van der Waals surface area contributed by atoms with Gasteiger partial charge in [0.15, 0.2) is 14.2 Å². The van der Waals surface area contributed by atoms with Crippen LogP contribution in [0.4, 0.5) is 5.69 Å². The van der Waals surface area contributed by atoms with Gasteiger partial charge in [-0.15, -0.1) is 0 Å². The number of benzene rings is 3. The normalized spacial score (nSPS) is 18.2. The van der Waals surface area contributed by atoms with Crippen LogP contribution in [-0.2, 0) is 9.53 Å². The average molecular weight is 484 g/mol. The summed E-state index contributed by atoms with van der Waals surface area (Å²) in [4.78, 5) is 13.2. The van der Waals surface area contributed by atoms with Crippen LogP contribution in [0.5, 0.6) is 0 Å². The van der Waals surface area contributed by atoms with E-state index in [1.54, 1.807) is 0 Å². The van der Waals surface area contributed by atoms with Crippen LogP contribution in [-0.4, -0.2) is 26.2 Å². The summed E-state index contributed by atoms with van der Waals surface area (Å²) in [7, 11) is -2.55. The van der Waals surface area contributed by atoms with Gasteiger partial charge < -0.3 is 10.1 Å². The number of allylic oxidation sites excluding steroid dienone is 1. The molecule has 0 bridgehead atoms. The first-order valence-corrected chi connectivity index (χ1v) is 14.7. The molecule has 1 N–H and O–H groups in total. The van der Waals surface area contributed by atoms with Gasteiger partial charge in [-0.3, -0.25) is 4.79 Å². The zero-order valence-electron chi connectivity index (χ0n) is 21.3. The van der Waals surface area contributed by atoms with Gasteiger partial charge in [-0.25, -0.2) is 0 Å². The Morgan fingerprint density at radius 2 is 1.37 bits per heavy atom. The second-order valence-electron chi connectivity index (χ2n) is 10.4. The predicted molar refractivity (Wildman–Crippen MR) is 149 cm³/mol. The van der Waals surface area contributed by atoms with Crippen LogP contribution in [0.25, 0.3) is 0 Å². The first-order chi connectivity index (χ1) is 16.9. The van der Waals surface area contributed by atoms with Crippen molar-refractivity contribution in [2.45, 2.75) is 64.2 Å². The van der Waals surface area contributed by atoms with E-state index in [0.29, 0.717) is 0 Å². The van der Waals surface area contributed by atoms with E-state index in [-0.39, 0.29) is 17.0 Å². The van der Waals surface area contributed by atoms with Crippen molar-refractivity contribution in [3.8, 4) is 0 Å². The van der Waals surface area contributed by atoms with Gasteiger partial charge in [-0.05, 0) is 39.2 Å². The lowest BCUT2D eigenvalue weighted by molar-refractivity contribution is -0.117. The molecule has 182 valence electrons. The van der Waals surface area contributed by atoms with Crippen molar-refractivity contribution in [3.63, 3.8) is 0 Å². The minimum atomic E-state index is -2.55. The maximum atomic E-state index is 13.2. The number of epoxide rings is 1. The lowest BCUT2D eigenvalue weighted by atomic mass is 10.2. The summed E-state index contributed by atoms with van der Waals surface area (Å²) in [6, 6.07) is 31.5. The van der Waals surface area contributed by atoms with Gasteiger partial charge >= 0.3 is 0 Å². The number of carbonyl (C=O) groups is 1. The SMILES string of the molecule is CCCC/C=C(\[C@H]1O[C@@H]1C(=O)Nc1ccccc1)[Si](c1ccccc1)(c1ccccc1)C(C)(C)C. The summed E-state index contributed by atoms with van der Waals surface area (Å²) in [5.41, 5.74) is 0.800. The van der Waals surface area contributed by atoms with Gasteiger partial charge in [-0.2, -0.15) is 0 Å². The van der Waals surface area contributed by atoms with Crippen LogP contribution < -0.4 is 15.7 Å². The number of rotatable bonds is 9. The molecule has 0 aromatic heterocycles. The van der Waals surface area contributed by atoms with Gasteiger partial charge in [-0.1, -0.05) is 125 Å². The van der Waals surface area contributed by atoms with E-state index >= 15 is 0 Å². The van der Waals surface area contributed by atoms with Crippen LogP contribution in [0.2, 0.25) is 5.04 Å². The van der Waals surface area contributed by atoms with Crippen LogP contribution >= 0.6 is 0 Å². The minimum absolute atomic E-state index is 0.0415. The molecular weight excluding hydrogens is 446 g/mol. The lowest BCUT2D eigenvalue weighted by Crippen LogP contribution is -2.67. The van der Waals surface area contributed by atoms with E-state index in [4.69, 9.17) is 4.74 Å². The average Bonchev–Trinajstić information content (AvgIpc) is 3.66. The smallest absolute Gasteiger partial charge is 0.256 e. The van der Waals surface area contributed by atoms with Crippen molar-refractivity contribution in [2.75, 3.05) is 5.32 Å². The molecule has 1 amide bonds. The molecule has 3 aromatic carbocycles. The van der Waals surface area contributed by atoms with Crippen molar-refractivity contribution in [1.82, 2.24) is 0 Å². The molecule has 0 aliphatic carbocycles. The van der Waals surface area contributed by atoms with Crippen LogP contribution in [0.15, 0.2) is 102 Å². The number of para-hydroxylation sites is 1. The third-order valence-corrected chi connectivity index (χ3v) is 13.0. The Labute approximate surface area is 211 Å². The number of nitrogens with one attached hydrogen (secondary N) is 1. The van der Waals surface area contributed by atoms with Crippen molar-refractivity contribution >= 4 is 30.0 Å². The topological polar surface area (TPSA) is 41.6 Å². The molecule has 0 spiro atoms. The highest BCUT2D eigenvalue weighted by atomic mass is 28.3. The first-order valence-electron chi connectivity index (χ1n) is 12.7. The Morgan fingerprint density at radius 1 is 0.857 bits per heavy atom. The van der Waals surface area contributed by atoms with E-state index in [1.165, 1.54) is 15.6 Å². The second kappa shape index (κ2) is 10.8. The number of anilines is 1. The summed E-state index contributed by atoms with van der Waals surface area (Å²) in [6.45, 7) is 9.29. The fourth-order valence-corrected chi connectivity index (χ4v) is 11.5. The van der Waals surface area contributed by atoms with E-state index in [2.05, 4.69) is 99.8 Å². The zero-order valence-corrected chi connectivity index (χ0v) is 22.3. The molecule has 2 atom stereocenters. The third-order valence-electron chi connectivity index (χ3n) is 6.99. The minimum Gasteiger partial charge on any atom is -0.355 e. The maximum Gasteiger partial charge on any atom is 0.256 e. The van der Waals surface area contributed by atoms with Crippen LogP contribution in [0, 0.1) is 0 Å². The number of hydrogen-bond donors (Lipinski definition) is 1. The monoisotopic (exact) mass is 483 g/mol. The highest BCUT2D eigenvalue weighted by Gasteiger charge is 2.59. The van der Waals surface area contributed by atoms with Crippen molar-refractivity contribution in [2.24, 2.45) is 0 Å². The Bertz CT molecular complexity index is 1100. The fourth-order valence-electron chi connectivity index (χ4n) is 5.40. The molecule has 4 heteroatoms. The molecule has 3 nitrogen and oxygen atoms in total. The van der Waals surface area contributed by atoms with Crippen LogP contribution in [0.1, 0.15) is 47.0 Å². The zero-order chi connectivity index (χ0) is 24.9. The summed E-state index contributed by atoms with van der Waals surface area (Å²) < 4.78 is 6.24. The maximum absolute atomic E-state index is 13.2. The van der Waals surface area contributed by atoms with E-state index in [9.17, 15) is 4.79 Å². The summed E-state index contributed by atoms with van der Waals surface area (Å²) >= 11 is 0. The molecule has 1 fully saturated rings. The van der Waals surface area contributed by atoms with Crippen molar-refractivity contribution in [1.29, 1.82) is 0 Å². The molecule has 1 aliphatic heterocycles. The van der Waals surface area contributed by atoms with Crippen LogP contribution in [0.3, 0.4) is 0 Å². The molecule has 4 rings (SSSR count). The number of carbonyl (C=O) groups excluding carboxylic acids is 1. The highest BCUT2D eigenvalue weighted by Crippen LogP contribution is 2.46. The Kier molecular flexibility index (Phi) is 7.73. The fraction of sp³-hybridized carbons (Fsp3) is 0.323. The highest BCUT2D eigenvalue weighted by molar-refractivity contribution is 7.09. The Hall–Kier alpha value is -2.95. The predicted octanol–water partition coefficient (Wildman–Crippen LogP) is 6.11. The molecule has 0 unspecified atom stereocenters. The molecule has 1 saturated heterocycles. The summed E-state index contributed by atoms with van der Waals surface area (Å²) in [6.07, 6.45) is 4.99. The molecule has 35 heavy (non-hydrogen) atoms. The number of unbranched alkanes of at least 4 members (excludes halogenated alkanes) is 2. The van der Waals surface area contributed by atoms with Gasteiger partial charge in [0.2, 0.25) is 0 Å². The molecule has 3 aromatic rings. The number of ether oxygens (including phenoxy) is 1. The van der Waals surface area contributed by atoms with Gasteiger partial charge in [0.25, 0.3) is 5.91 Å². The van der Waals surface area contributed by atoms with Gasteiger partial charge in [0.1, 0.15) is 6.10 Å². The molecule has 1 aliphatic rings. The van der Waals surface area contributed by atoms with E-state index < -0.39 is 14.2 Å². The second-order valence-corrected chi connectivity index (χ2v) is 15.1. The number of hydrogen-bond acceptors (Lipinski definition) is 2. The summed E-state index contributed by atoms with van der Waals surface area (Å²) in [5.74, 6) is -0.0690.